The lowest BCUT2D eigenvalue weighted by Gasteiger charge is -2.32. The zero-order valence-corrected chi connectivity index (χ0v) is 21.5. The predicted octanol–water partition coefficient (Wildman–Crippen LogP) is 3.66. The van der Waals surface area contributed by atoms with Crippen LogP contribution in [0.1, 0.15) is 37.5 Å². The molecule has 0 aromatic heterocycles. The maximum absolute atomic E-state index is 13.5. The van der Waals surface area contributed by atoms with Crippen molar-refractivity contribution in [1.82, 2.24) is 10.2 Å². The molecule has 1 N–H and O–H groups in total. The number of aryl methyl sites for hydroxylation is 1. The molecule has 2 aromatic carbocycles. The maximum atomic E-state index is 13.5. The minimum atomic E-state index is -3.80. The van der Waals surface area contributed by atoms with E-state index in [-0.39, 0.29) is 18.5 Å². The van der Waals surface area contributed by atoms with Crippen molar-refractivity contribution in [3.05, 3.63) is 64.2 Å². The van der Waals surface area contributed by atoms with Crippen molar-refractivity contribution < 1.29 is 18.0 Å². The number of amides is 2. The molecule has 7 nitrogen and oxygen atoms in total. The van der Waals surface area contributed by atoms with E-state index in [1.807, 2.05) is 45.0 Å². The molecule has 0 spiro atoms. The van der Waals surface area contributed by atoms with Crippen LogP contribution in [0.4, 0.5) is 5.69 Å². The fraction of sp³-hybridized carbons (Fsp3) is 0.417. The number of halogens is 1. The number of hydrogen-bond donors (Lipinski definition) is 1. The fourth-order valence-corrected chi connectivity index (χ4v) is 4.41. The lowest BCUT2D eigenvalue weighted by Crippen LogP contribution is -2.52. The van der Waals surface area contributed by atoms with Crippen molar-refractivity contribution in [1.29, 1.82) is 0 Å². The van der Waals surface area contributed by atoms with Gasteiger partial charge in [0.25, 0.3) is 0 Å². The third kappa shape index (κ3) is 7.20. The molecule has 0 fully saturated rings. The van der Waals surface area contributed by atoms with Gasteiger partial charge in [0.1, 0.15) is 12.6 Å². The van der Waals surface area contributed by atoms with Gasteiger partial charge in [-0.2, -0.15) is 0 Å². The molecule has 0 bridgehead atoms. The molecule has 0 saturated heterocycles. The normalized spacial score (nSPS) is 12.4. The molecule has 1 unspecified atom stereocenters. The van der Waals surface area contributed by atoms with Gasteiger partial charge in [0.15, 0.2) is 0 Å². The van der Waals surface area contributed by atoms with Gasteiger partial charge in [-0.3, -0.25) is 13.9 Å². The molecule has 0 aliphatic heterocycles. The van der Waals surface area contributed by atoms with E-state index in [4.69, 9.17) is 11.6 Å². The van der Waals surface area contributed by atoms with E-state index in [0.717, 1.165) is 21.7 Å². The Kier molecular flexibility index (Phi) is 8.91. The summed E-state index contributed by atoms with van der Waals surface area (Å²) in [5.41, 5.74) is 2.78. The third-order valence-electron chi connectivity index (χ3n) is 5.26. The van der Waals surface area contributed by atoms with Crippen LogP contribution in [0, 0.1) is 13.8 Å². The van der Waals surface area contributed by atoms with Gasteiger partial charge >= 0.3 is 0 Å². The van der Waals surface area contributed by atoms with Crippen LogP contribution in [0.25, 0.3) is 0 Å². The van der Waals surface area contributed by atoms with E-state index in [0.29, 0.717) is 16.3 Å². The number of rotatable bonds is 9. The van der Waals surface area contributed by atoms with Crippen LogP contribution in [0.3, 0.4) is 0 Å². The lowest BCUT2D eigenvalue weighted by atomic mass is 10.1. The summed E-state index contributed by atoms with van der Waals surface area (Å²) in [4.78, 5) is 27.6. The highest BCUT2D eigenvalue weighted by Crippen LogP contribution is 2.28. The predicted molar refractivity (Wildman–Crippen MR) is 133 cm³/mol. The van der Waals surface area contributed by atoms with Gasteiger partial charge in [-0.15, -0.1) is 0 Å². The molecule has 1 atom stereocenters. The van der Waals surface area contributed by atoms with E-state index < -0.39 is 28.5 Å². The summed E-state index contributed by atoms with van der Waals surface area (Å²) >= 11 is 6.20. The largest absolute Gasteiger partial charge is 0.352 e. The first kappa shape index (κ1) is 26.7. The van der Waals surface area contributed by atoms with E-state index in [9.17, 15) is 18.0 Å². The molecule has 0 heterocycles. The Morgan fingerprint density at radius 1 is 1.03 bits per heavy atom. The Labute approximate surface area is 201 Å². The number of carbonyl (C=O) groups is 2. The number of hydrogen-bond acceptors (Lipinski definition) is 4. The van der Waals surface area contributed by atoms with Crippen LogP contribution in [0.5, 0.6) is 0 Å². The Hall–Kier alpha value is -2.58. The van der Waals surface area contributed by atoms with Gasteiger partial charge in [-0.1, -0.05) is 47.5 Å². The monoisotopic (exact) mass is 493 g/mol. The lowest BCUT2D eigenvalue weighted by molar-refractivity contribution is -0.139. The Balaban J connectivity index is 2.43. The SMILES string of the molecule is Cc1ccc(CN(C(=O)CN(c2cccc(Cl)c2C)S(C)(=O)=O)C(C)C(=O)NC(C)C)cc1. The molecular formula is C24H32ClN3O4S. The highest BCUT2D eigenvalue weighted by Gasteiger charge is 2.31. The first-order chi connectivity index (χ1) is 15.3. The van der Waals surface area contributed by atoms with Crippen LogP contribution in [0.15, 0.2) is 42.5 Å². The van der Waals surface area contributed by atoms with Gasteiger partial charge in [-0.25, -0.2) is 8.42 Å². The summed E-state index contributed by atoms with van der Waals surface area (Å²) in [6, 6.07) is 11.6. The summed E-state index contributed by atoms with van der Waals surface area (Å²) in [6.45, 7) is 8.68. The van der Waals surface area contributed by atoms with Crippen molar-refractivity contribution in [2.75, 3.05) is 17.1 Å². The smallest absolute Gasteiger partial charge is 0.244 e. The summed E-state index contributed by atoms with van der Waals surface area (Å²) in [5, 5.41) is 3.22. The average Bonchev–Trinajstić information content (AvgIpc) is 2.72. The molecule has 2 aromatic rings. The zero-order chi connectivity index (χ0) is 24.9. The first-order valence-corrected chi connectivity index (χ1v) is 12.9. The molecule has 2 rings (SSSR count). The van der Waals surface area contributed by atoms with Crippen LogP contribution in [0.2, 0.25) is 5.02 Å². The van der Waals surface area contributed by atoms with Gasteiger partial charge in [0, 0.05) is 17.6 Å². The summed E-state index contributed by atoms with van der Waals surface area (Å²) in [5.74, 6) is -0.804. The summed E-state index contributed by atoms with van der Waals surface area (Å²) in [6.07, 6.45) is 1.04. The highest BCUT2D eigenvalue weighted by atomic mass is 35.5. The number of sulfonamides is 1. The Morgan fingerprint density at radius 3 is 2.18 bits per heavy atom. The highest BCUT2D eigenvalue weighted by molar-refractivity contribution is 7.92. The first-order valence-electron chi connectivity index (χ1n) is 10.7. The quantitative estimate of drug-likeness (QED) is 0.577. The summed E-state index contributed by atoms with van der Waals surface area (Å²) < 4.78 is 26.3. The van der Waals surface area contributed by atoms with Gasteiger partial charge in [0.2, 0.25) is 21.8 Å². The van der Waals surface area contributed by atoms with Gasteiger partial charge in [-0.05, 0) is 57.9 Å². The molecule has 0 saturated carbocycles. The van der Waals surface area contributed by atoms with Crippen LogP contribution < -0.4 is 9.62 Å². The van der Waals surface area contributed by atoms with Crippen LogP contribution in [-0.2, 0) is 26.2 Å². The molecule has 180 valence electrons. The van der Waals surface area contributed by atoms with E-state index in [1.165, 1.54) is 4.90 Å². The second kappa shape index (κ2) is 11.0. The molecular weight excluding hydrogens is 462 g/mol. The fourth-order valence-electron chi connectivity index (χ4n) is 3.34. The van der Waals surface area contributed by atoms with Crippen molar-refractivity contribution in [3.63, 3.8) is 0 Å². The number of nitrogens with zero attached hydrogens (tertiary/aromatic N) is 2. The average molecular weight is 494 g/mol. The Morgan fingerprint density at radius 2 is 1.64 bits per heavy atom. The van der Waals surface area contributed by atoms with Crippen molar-refractivity contribution in [3.8, 4) is 0 Å². The van der Waals surface area contributed by atoms with Crippen LogP contribution in [-0.4, -0.2) is 50.0 Å². The minimum absolute atomic E-state index is 0.0992. The second-order valence-electron chi connectivity index (χ2n) is 8.50. The van der Waals surface area contributed by atoms with E-state index in [2.05, 4.69) is 5.32 Å². The molecule has 33 heavy (non-hydrogen) atoms. The zero-order valence-electron chi connectivity index (χ0n) is 19.9. The number of benzene rings is 2. The number of carbonyl (C=O) groups excluding carboxylic acids is 2. The molecule has 0 aliphatic carbocycles. The summed E-state index contributed by atoms with van der Waals surface area (Å²) in [7, 11) is -3.80. The van der Waals surface area contributed by atoms with Crippen molar-refractivity contribution in [2.24, 2.45) is 0 Å². The van der Waals surface area contributed by atoms with E-state index in [1.54, 1.807) is 32.0 Å². The number of anilines is 1. The molecule has 2 amide bonds. The molecule has 0 aliphatic rings. The standard InChI is InChI=1S/C24H32ClN3O4S/c1-16(2)26-24(30)19(5)27(14-20-12-10-17(3)11-13-20)23(29)15-28(33(6,31)32)22-9-7-8-21(25)18(22)4/h7-13,16,19H,14-15H2,1-6H3,(H,26,30). The third-order valence-corrected chi connectivity index (χ3v) is 6.79. The van der Waals surface area contributed by atoms with Crippen molar-refractivity contribution >= 4 is 39.1 Å². The molecule has 9 heteroatoms. The maximum Gasteiger partial charge on any atom is 0.244 e. The minimum Gasteiger partial charge on any atom is -0.352 e. The van der Waals surface area contributed by atoms with Crippen LogP contribution >= 0.6 is 11.6 Å². The molecule has 0 radical (unpaired) electrons. The Bertz CT molecular complexity index is 1100. The number of nitrogens with one attached hydrogen (secondary N) is 1. The second-order valence-corrected chi connectivity index (χ2v) is 10.8. The van der Waals surface area contributed by atoms with E-state index >= 15 is 0 Å². The topological polar surface area (TPSA) is 86.8 Å². The van der Waals surface area contributed by atoms with Gasteiger partial charge in [0.05, 0.1) is 11.9 Å². The van der Waals surface area contributed by atoms with Crippen molar-refractivity contribution in [2.45, 2.75) is 53.2 Å². The van der Waals surface area contributed by atoms with Gasteiger partial charge < -0.3 is 10.2 Å².